The summed E-state index contributed by atoms with van der Waals surface area (Å²) in [5, 5.41) is 0.771. The number of rotatable bonds is 5. The molecule has 0 atom stereocenters. The van der Waals surface area contributed by atoms with Crippen LogP contribution in [0.15, 0.2) is 70.3 Å². The van der Waals surface area contributed by atoms with E-state index in [1.54, 1.807) is 41.0 Å². The number of benzene rings is 3. The Bertz CT molecular complexity index is 1410. The highest BCUT2D eigenvalue weighted by molar-refractivity contribution is 6.30. The minimum Gasteiger partial charge on any atom is -0.493 e. The van der Waals surface area contributed by atoms with Crippen LogP contribution in [0.3, 0.4) is 0 Å². The Hall–Kier alpha value is -3.51. The predicted molar refractivity (Wildman–Crippen MR) is 122 cm³/mol. The van der Waals surface area contributed by atoms with Crippen molar-refractivity contribution in [3.8, 4) is 17.2 Å². The maximum Gasteiger partial charge on any atom is 0.336 e. The number of aryl methyl sites for hydroxylation is 1. The van der Waals surface area contributed by atoms with E-state index in [0.29, 0.717) is 39.7 Å². The molecular weight excluding hydrogens is 416 g/mol. The minimum absolute atomic E-state index is 0.290. The van der Waals surface area contributed by atoms with Gasteiger partial charge in [0.2, 0.25) is 0 Å². The fraction of sp³-hybridized carbons (Fsp3) is 0.167. The smallest absolute Gasteiger partial charge is 0.336 e. The molecule has 1 aromatic heterocycles. The first kappa shape index (κ1) is 20.8. The first-order valence-electron chi connectivity index (χ1n) is 9.66. The molecule has 0 saturated heterocycles. The average molecular weight is 437 g/mol. The summed E-state index contributed by atoms with van der Waals surface area (Å²) in [7, 11) is 3.02. The molecule has 0 aliphatic carbocycles. The fourth-order valence-electron chi connectivity index (χ4n) is 3.65. The predicted octanol–water partition coefficient (Wildman–Crippen LogP) is 4.18. The van der Waals surface area contributed by atoms with Gasteiger partial charge in [0.25, 0.3) is 5.56 Å². The van der Waals surface area contributed by atoms with Crippen molar-refractivity contribution in [3.05, 3.63) is 97.7 Å². The minimum atomic E-state index is -0.463. The van der Waals surface area contributed by atoms with E-state index in [4.69, 9.17) is 21.1 Å². The lowest BCUT2D eigenvalue weighted by Gasteiger charge is -2.17. The normalized spacial score (nSPS) is 11.0. The largest absolute Gasteiger partial charge is 0.493 e. The summed E-state index contributed by atoms with van der Waals surface area (Å²) in [5.41, 5.74) is 1.96. The molecule has 0 fully saturated rings. The highest BCUT2D eigenvalue weighted by Gasteiger charge is 2.18. The summed E-state index contributed by atoms with van der Waals surface area (Å²) < 4.78 is 13.5. The van der Waals surface area contributed by atoms with Crippen LogP contribution in [0.5, 0.6) is 11.5 Å². The molecule has 0 N–H and O–H groups in total. The summed E-state index contributed by atoms with van der Waals surface area (Å²) in [6, 6.07) is 17.7. The third-order valence-electron chi connectivity index (χ3n) is 5.30. The van der Waals surface area contributed by atoms with Gasteiger partial charge < -0.3 is 9.47 Å². The Morgan fingerprint density at radius 3 is 2.29 bits per heavy atom. The number of fused-ring (bicyclic) bond motifs is 1. The standard InChI is InChI=1S/C24H21ClN2O4/c1-15-7-4-5-8-16(15)14-26-20-13-22(31-3)21(30-2)12-19(20)23(28)27(24(26)29)18-10-6-9-17(25)11-18/h4-13H,14H2,1-3H3. The summed E-state index contributed by atoms with van der Waals surface area (Å²) >= 11 is 6.13. The van der Waals surface area contributed by atoms with Crippen LogP contribution in [-0.2, 0) is 6.54 Å². The molecule has 0 unspecified atom stereocenters. The Kier molecular flexibility index (Phi) is 5.57. The average Bonchev–Trinajstić information content (AvgIpc) is 2.77. The van der Waals surface area contributed by atoms with E-state index in [0.717, 1.165) is 15.7 Å². The van der Waals surface area contributed by atoms with Crippen molar-refractivity contribution in [2.75, 3.05) is 14.2 Å². The molecular formula is C24H21ClN2O4. The van der Waals surface area contributed by atoms with Gasteiger partial charge in [0.05, 0.1) is 37.4 Å². The van der Waals surface area contributed by atoms with Crippen molar-refractivity contribution in [3.63, 3.8) is 0 Å². The van der Waals surface area contributed by atoms with Crippen molar-refractivity contribution < 1.29 is 9.47 Å². The van der Waals surface area contributed by atoms with Crippen LogP contribution in [0.4, 0.5) is 0 Å². The maximum absolute atomic E-state index is 13.6. The molecule has 4 rings (SSSR count). The van der Waals surface area contributed by atoms with Gasteiger partial charge in [-0.15, -0.1) is 0 Å². The number of hydrogen-bond donors (Lipinski definition) is 0. The van der Waals surface area contributed by atoms with Gasteiger partial charge in [-0.3, -0.25) is 9.36 Å². The number of nitrogens with zero attached hydrogens (tertiary/aromatic N) is 2. The molecule has 3 aromatic carbocycles. The number of ether oxygens (including phenoxy) is 2. The lowest BCUT2D eigenvalue weighted by molar-refractivity contribution is 0.355. The van der Waals surface area contributed by atoms with Crippen LogP contribution < -0.4 is 20.7 Å². The van der Waals surface area contributed by atoms with Gasteiger partial charge in [-0.1, -0.05) is 41.9 Å². The van der Waals surface area contributed by atoms with Crippen molar-refractivity contribution in [1.82, 2.24) is 9.13 Å². The van der Waals surface area contributed by atoms with Gasteiger partial charge in [-0.2, -0.15) is 0 Å². The highest BCUT2D eigenvalue weighted by atomic mass is 35.5. The Labute approximate surface area is 183 Å². The van der Waals surface area contributed by atoms with Crippen molar-refractivity contribution in [2.24, 2.45) is 0 Å². The van der Waals surface area contributed by atoms with E-state index < -0.39 is 11.2 Å². The van der Waals surface area contributed by atoms with Gasteiger partial charge in [0, 0.05) is 11.1 Å². The van der Waals surface area contributed by atoms with Crippen LogP contribution >= 0.6 is 11.6 Å². The Morgan fingerprint density at radius 1 is 0.903 bits per heavy atom. The van der Waals surface area contributed by atoms with Gasteiger partial charge in [-0.25, -0.2) is 9.36 Å². The SMILES string of the molecule is COc1cc2c(=O)n(-c3cccc(Cl)c3)c(=O)n(Cc3ccccc3C)c2cc1OC. The molecule has 0 spiro atoms. The van der Waals surface area contributed by atoms with Crippen molar-refractivity contribution in [2.45, 2.75) is 13.5 Å². The monoisotopic (exact) mass is 436 g/mol. The van der Waals surface area contributed by atoms with E-state index in [-0.39, 0.29) is 0 Å². The molecule has 0 aliphatic rings. The van der Waals surface area contributed by atoms with Crippen LogP contribution in [0, 0.1) is 6.92 Å². The second-order valence-corrected chi connectivity index (χ2v) is 7.58. The lowest BCUT2D eigenvalue weighted by atomic mass is 10.1. The molecule has 4 aromatic rings. The summed E-state index contributed by atoms with van der Waals surface area (Å²) in [4.78, 5) is 27.0. The highest BCUT2D eigenvalue weighted by Crippen LogP contribution is 2.31. The van der Waals surface area contributed by atoms with Crippen LogP contribution in [0.25, 0.3) is 16.6 Å². The third-order valence-corrected chi connectivity index (χ3v) is 5.54. The van der Waals surface area contributed by atoms with Crippen LogP contribution in [-0.4, -0.2) is 23.4 Å². The van der Waals surface area contributed by atoms with E-state index in [9.17, 15) is 9.59 Å². The van der Waals surface area contributed by atoms with E-state index in [1.807, 2.05) is 31.2 Å². The van der Waals surface area contributed by atoms with Gasteiger partial charge in [-0.05, 0) is 42.3 Å². The van der Waals surface area contributed by atoms with Gasteiger partial charge in [0.1, 0.15) is 0 Å². The number of methoxy groups -OCH3 is 2. The molecule has 0 saturated carbocycles. The topological polar surface area (TPSA) is 62.5 Å². The molecule has 0 bridgehead atoms. The first-order valence-corrected chi connectivity index (χ1v) is 10.0. The quantitative estimate of drug-likeness (QED) is 0.471. The number of aromatic nitrogens is 2. The second-order valence-electron chi connectivity index (χ2n) is 7.14. The Balaban J connectivity index is 2.11. The van der Waals surface area contributed by atoms with Gasteiger partial charge in [0.15, 0.2) is 11.5 Å². The molecule has 0 radical (unpaired) electrons. The molecule has 0 amide bonds. The van der Waals surface area contributed by atoms with Crippen LogP contribution in [0.2, 0.25) is 5.02 Å². The van der Waals surface area contributed by atoms with E-state index in [2.05, 4.69) is 0 Å². The summed E-state index contributed by atoms with van der Waals surface area (Å²) in [6.45, 7) is 2.28. The lowest BCUT2D eigenvalue weighted by Crippen LogP contribution is -2.39. The van der Waals surface area contributed by atoms with E-state index in [1.165, 1.54) is 14.2 Å². The molecule has 31 heavy (non-hydrogen) atoms. The van der Waals surface area contributed by atoms with Crippen LogP contribution in [0.1, 0.15) is 11.1 Å². The number of hydrogen-bond acceptors (Lipinski definition) is 4. The van der Waals surface area contributed by atoms with Crippen molar-refractivity contribution in [1.29, 1.82) is 0 Å². The van der Waals surface area contributed by atoms with E-state index >= 15 is 0 Å². The molecule has 158 valence electrons. The molecule has 6 nitrogen and oxygen atoms in total. The third kappa shape index (κ3) is 3.70. The zero-order chi connectivity index (χ0) is 22.1. The zero-order valence-electron chi connectivity index (χ0n) is 17.4. The zero-order valence-corrected chi connectivity index (χ0v) is 18.1. The molecule has 1 heterocycles. The molecule has 0 aliphatic heterocycles. The maximum atomic E-state index is 13.6. The van der Waals surface area contributed by atoms with Gasteiger partial charge >= 0.3 is 5.69 Å². The second kappa shape index (κ2) is 8.32. The van der Waals surface area contributed by atoms with Crippen molar-refractivity contribution >= 4 is 22.5 Å². The Morgan fingerprint density at radius 2 is 1.61 bits per heavy atom. The molecule has 7 heteroatoms. The summed E-state index contributed by atoms with van der Waals surface area (Å²) in [5.74, 6) is 0.846. The fourth-order valence-corrected chi connectivity index (χ4v) is 3.83. The summed E-state index contributed by atoms with van der Waals surface area (Å²) in [6.07, 6.45) is 0. The number of halogens is 1. The first-order chi connectivity index (χ1) is 14.9.